The predicted octanol–water partition coefficient (Wildman–Crippen LogP) is 2.11. The van der Waals surface area contributed by atoms with E-state index in [0.29, 0.717) is 12.6 Å². The average Bonchev–Trinajstić information content (AvgIpc) is 3.28. The molecular formula is C20H31N3O2. The van der Waals surface area contributed by atoms with Gasteiger partial charge >= 0.3 is 6.03 Å². The second kappa shape index (κ2) is 8.68. The molecule has 0 spiro atoms. The van der Waals surface area contributed by atoms with Crippen molar-refractivity contribution < 1.29 is 9.90 Å². The Balaban J connectivity index is 1.42. The standard InChI is InChI=1S/C20H31N3O2/c1-16(24)18-10-13-23(15-18)20(25)21-14-19-8-5-11-22(19)12-9-17-6-3-2-4-7-17/h2-4,6-7,16,18-19,24H,5,8-15H2,1H3,(H,21,25)/t16-,18+,19+/m0/s1. The van der Waals surface area contributed by atoms with E-state index in [1.165, 1.54) is 12.0 Å². The number of urea groups is 1. The lowest BCUT2D eigenvalue weighted by atomic mass is 10.0. The van der Waals surface area contributed by atoms with E-state index in [9.17, 15) is 9.90 Å². The van der Waals surface area contributed by atoms with Gasteiger partial charge in [-0.25, -0.2) is 4.79 Å². The van der Waals surface area contributed by atoms with Crippen LogP contribution in [0.5, 0.6) is 0 Å². The lowest BCUT2D eigenvalue weighted by Gasteiger charge is -2.26. The summed E-state index contributed by atoms with van der Waals surface area (Å²) < 4.78 is 0. The van der Waals surface area contributed by atoms with Gasteiger partial charge in [0.2, 0.25) is 0 Å². The van der Waals surface area contributed by atoms with Gasteiger partial charge in [-0.15, -0.1) is 0 Å². The predicted molar refractivity (Wildman–Crippen MR) is 99.5 cm³/mol. The minimum absolute atomic E-state index is 0.0260. The molecule has 2 aliphatic heterocycles. The number of hydrogen-bond acceptors (Lipinski definition) is 3. The molecule has 0 saturated carbocycles. The fraction of sp³-hybridized carbons (Fsp3) is 0.650. The van der Waals surface area contributed by atoms with Crippen LogP contribution < -0.4 is 5.32 Å². The van der Waals surface area contributed by atoms with E-state index in [2.05, 4.69) is 40.5 Å². The molecule has 5 nitrogen and oxygen atoms in total. The van der Waals surface area contributed by atoms with E-state index in [-0.39, 0.29) is 18.1 Å². The van der Waals surface area contributed by atoms with Gasteiger partial charge in [0, 0.05) is 38.1 Å². The zero-order chi connectivity index (χ0) is 17.6. The summed E-state index contributed by atoms with van der Waals surface area (Å²) in [5.41, 5.74) is 1.37. The first-order valence-electron chi connectivity index (χ1n) is 9.62. The highest BCUT2D eigenvalue weighted by molar-refractivity contribution is 5.74. The van der Waals surface area contributed by atoms with Gasteiger partial charge in [0.15, 0.2) is 0 Å². The number of aliphatic hydroxyl groups is 1. The van der Waals surface area contributed by atoms with Crippen LogP contribution in [0.15, 0.2) is 30.3 Å². The molecule has 2 aliphatic rings. The summed E-state index contributed by atoms with van der Waals surface area (Å²) in [6, 6.07) is 11.1. The van der Waals surface area contributed by atoms with Gasteiger partial charge < -0.3 is 15.3 Å². The number of aliphatic hydroxyl groups excluding tert-OH is 1. The van der Waals surface area contributed by atoms with Crippen LogP contribution in [0.3, 0.4) is 0 Å². The number of benzene rings is 1. The van der Waals surface area contributed by atoms with Crippen molar-refractivity contribution in [3.05, 3.63) is 35.9 Å². The minimum atomic E-state index is -0.332. The number of amides is 2. The number of nitrogens with one attached hydrogen (secondary N) is 1. The van der Waals surface area contributed by atoms with Crippen molar-refractivity contribution in [1.82, 2.24) is 15.1 Å². The van der Waals surface area contributed by atoms with Crippen molar-refractivity contribution in [2.75, 3.05) is 32.7 Å². The zero-order valence-corrected chi connectivity index (χ0v) is 15.2. The van der Waals surface area contributed by atoms with Gasteiger partial charge in [-0.2, -0.15) is 0 Å². The number of likely N-dealkylation sites (tertiary alicyclic amines) is 2. The van der Waals surface area contributed by atoms with Crippen molar-refractivity contribution in [2.24, 2.45) is 5.92 Å². The van der Waals surface area contributed by atoms with Crippen molar-refractivity contribution >= 4 is 6.03 Å². The fourth-order valence-electron chi connectivity index (χ4n) is 4.02. The summed E-state index contributed by atoms with van der Waals surface area (Å²) in [4.78, 5) is 16.7. The Morgan fingerprint density at radius 2 is 2.08 bits per heavy atom. The smallest absolute Gasteiger partial charge is 0.317 e. The Morgan fingerprint density at radius 3 is 2.80 bits per heavy atom. The Hall–Kier alpha value is -1.59. The maximum atomic E-state index is 12.4. The zero-order valence-electron chi connectivity index (χ0n) is 15.2. The van der Waals surface area contributed by atoms with E-state index in [0.717, 1.165) is 45.4 Å². The number of hydrogen-bond donors (Lipinski definition) is 2. The van der Waals surface area contributed by atoms with Gasteiger partial charge in [-0.3, -0.25) is 4.90 Å². The molecule has 0 bridgehead atoms. The summed E-state index contributed by atoms with van der Waals surface area (Å²) in [5, 5.41) is 12.8. The summed E-state index contributed by atoms with van der Waals surface area (Å²) in [6.07, 6.45) is 4.00. The Kier molecular flexibility index (Phi) is 6.32. The molecule has 2 N–H and O–H groups in total. The van der Waals surface area contributed by atoms with E-state index < -0.39 is 0 Å². The Morgan fingerprint density at radius 1 is 1.28 bits per heavy atom. The van der Waals surface area contributed by atoms with Crippen molar-refractivity contribution in [3.63, 3.8) is 0 Å². The SMILES string of the molecule is C[C@H](O)[C@@H]1CCN(C(=O)NC[C@H]2CCCN2CCc2ccccc2)C1. The first kappa shape index (κ1) is 18.2. The first-order valence-corrected chi connectivity index (χ1v) is 9.62. The summed E-state index contributed by atoms with van der Waals surface area (Å²) in [6.45, 7) is 6.15. The molecule has 138 valence electrons. The van der Waals surface area contributed by atoms with Gasteiger partial charge in [0.05, 0.1) is 6.10 Å². The van der Waals surface area contributed by atoms with Gasteiger partial charge in [0.25, 0.3) is 0 Å². The number of nitrogens with zero attached hydrogens (tertiary/aromatic N) is 2. The molecule has 2 fully saturated rings. The maximum Gasteiger partial charge on any atom is 0.317 e. The van der Waals surface area contributed by atoms with Crippen LogP contribution in [0.1, 0.15) is 31.7 Å². The molecule has 0 aliphatic carbocycles. The minimum Gasteiger partial charge on any atom is -0.393 e. The number of carbonyl (C=O) groups is 1. The van der Waals surface area contributed by atoms with Crippen LogP contribution in [-0.4, -0.2) is 65.8 Å². The van der Waals surface area contributed by atoms with E-state index in [1.54, 1.807) is 0 Å². The second-order valence-corrected chi connectivity index (χ2v) is 7.49. The van der Waals surface area contributed by atoms with Crippen molar-refractivity contribution in [1.29, 1.82) is 0 Å². The highest BCUT2D eigenvalue weighted by Gasteiger charge is 2.30. The molecule has 2 heterocycles. The fourth-order valence-corrected chi connectivity index (χ4v) is 4.02. The topological polar surface area (TPSA) is 55.8 Å². The molecule has 3 atom stereocenters. The lowest BCUT2D eigenvalue weighted by molar-refractivity contribution is 0.129. The molecule has 0 radical (unpaired) electrons. The molecule has 5 heteroatoms. The van der Waals surface area contributed by atoms with E-state index in [1.807, 2.05) is 11.8 Å². The second-order valence-electron chi connectivity index (χ2n) is 7.49. The number of carbonyl (C=O) groups excluding carboxylic acids is 1. The summed E-state index contributed by atoms with van der Waals surface area (Å²) >= 11 is 0. The van der Waals surface area contributed by atoms with Crippen molar-refractivity contribution in [2.45, 2.75) is 44.8 Å². The third-order valence-corrected chi connectivity index (χ3v) is 5.71. The third kappa shape index (κ3) is 4.95. The molecule has 0 unspecified atom stereocenters. The molecule has 3 rings (SSSR count). The van der Waals surface area contributed by atoms with Crippen LogP contribution in [-0.2, 0) is 6.42 Å². The molecule has 2 saturated heterocycles. The first-order chi connectivity index (χ1) is 12.1. The molecule has 0 aromatic heterocycles. The molecular weight excluding hydrogens is 314 g/mol. The average molecular weight is 345 g/mol. The molecule has 25 heavy (non-hydrogen) atoms. The molecule has 1 aromatic rings. The largest absolute Gasteiger partial charge is 0.393 e. The normalized spacial score (nSPS) is 25.3. The summed E-state index contributed by atoms with van der Waals surface area (Å²) in [5.74, 6) is 0.222. The van der Waals surface area contributed by atoms with Crippen LogP contribution >= 0.6 is 0 Å². The molecule has 1 aromatic carbocycles. The maximum absolute atomic E-state index is 12.4. The van der Waals surface area contributed by atoms with Gasteiger partial charge in [-0.1, -0.05) is 30.3 Å². The quantitative estimate of drug-likeness (QED) is 0.830. The van der Waals surface area contributed by atoms with Crippen molar-refractivity contribution in [3.8, 4) is 0 Å². The van der Waals surface area contributed by atoms with E-state index >= 15 is 0 Å². The van der Waals surface area contributed by atoms with Crippen LogP contribution in [0, 0.1) is 5.92 Å². The van der Waals surface area contributed by atoms with Crippen LogP contribution in [0.25, 0.3) is 0 Å². The van der Waals surface area contributed by atoms with Crippen LogP contribution in [0.2, 0.25) is 0 Å². The Bertz CT molecular complexity index is 549. The van der Waals surface area contributed by atoms with E-state index in [4.69, 9.17) is 0 Å². The van der Waals surface area contributed by atoms with Gasteiger partial charge in [0.1, 0.15) is 0 Å². The highest BCUT2D eigenvalue weighted by Crippen LogP contribution is 2.20. The Labute approximate surface area is 151 Å². The summed E-state index contributed by atoms with van der Waals surface area (Å²) in [7, 11) is 0. The highest BCUT2D eigenvalue weighted by atomic mass is 16.3. The number of rotatable bonds is 6. The monoisotopic (exact) mass is 345 g/mol. The molecule has 2 amide bonds. The third-order valence-electron chi connectivity index (χ3n) is 5.71. The van der Waals surface area contributed by atoms with Crippen LogP contribution in [0.4, 0.5) is 4.79 Å². The lowest BCUT2D eigenvalue weighted by Crippen LogP contribution is -2.45. The van der Waals surface area contributed by atoms with Gasteiger partial charge in [-0.05, 0) is 44.7 Å².